The van der Waals surface area contributed by atoms with Gasteiger partial charge in [-0.3, -0.25) is 4.79 Å². The van der Waals surface area contributed by atoms with E-state index in [0.717, 1.165) is 12.1 Å². The van der Waals surface area contributed by atoms with Gasteiger partial charge in [0.05, 0.1) is 22.6 Å². The molecule has 6 nitrogen and oxygen atoms in total. The lowest BCUT2D eigenvalue weighted by molar-refractivity contribution is -0.137. The molecule has 0 fully saturated rings. The second-order valence-electron chi connectivity index (χ2n) is 5.56. The summed E-state index contributed by atoms with van der Waals surface area (Å²) in [5.41, 5.74) is -1.09. The monoisotopic (exact) mass is 424 g/mol. The van der Waals surface area contributed by atoms with Crippen LogP contribution in [-0.4, -0.2) is 26.6 Å². The Morgan fingerprint density at radius 3 is 2.44 bits per heavy atom. The molecule has 0 spiro atoms. The molecule has 0 bridgehead atoms. The summed E-state index contributed by atoms with van der Waals surface area (Å²) in [4.78, 5) is 11.4. The number of benzene rings is 1. The van der Waals surface area contributed by atoms with Gasteiger partial charge in [-0.25, -0.2) is 13.1 Å². The van der Waals surface area contributed by atoms with Crippen LogP contribution in [-0.2, 0) is 22.7 Å². The number of halogens is 4. The zero-order chi connectivity index (χ0) is 20.4. The quantitative estimate of drug-likeness (QED) is 0.773. The number of nitrogens with zero attached hydrogens (tertiary/aromatic N) is 1. The number of ether oxygens (including phenoxy) is 1. The fourth-order valence-electron chi connectivity index (χ4n) is 2.37. The van der Waals surface area contributed by atoms with E-state index in [0.29, 0.717) is 17.5 Å². The van der Waals surface area contributed by atoms with E-state index in [2.05, 4.69) is 4.72 Å². The van der Waals surface area contributed by atoms with Gasteiger partial charge in [0.2, 0.25) is 10.0 Å². The Morgan fingerprint density at radius 1 is 1.22 bits per heavy atom. The lowest BCUT2D eigenvalue weighted by atomic mass is 10.2. The predicted octanol–water partition coefficient (Wildman–Crippen LogP) is 2.82. The third-order valence-electron chi connectivity index (χ3n) is 3.73. The summed E-state index contributed by atoms with van der Waals surface area (Å²) < 4.78 is 71.6. The van der Waals surface area contributed by atoms with Crippen LogP contribution in [0.1, 0.15) is 11.3 Å². The molecule has 148 valence electrons. The van der Waals surface area contributed by atoms with Crippen molar-refractivity contribution in [1.82, 2.24) is 9.29 Å². The molecular formula is C16H16ClF3N2O4S. The minimum Gasteiger partial charge on any atom is -0.496 e. The van der Waals surface area contributed by atoms with Crippen LogP contribution in [0.4, 0.5) is 13.2 Å². The standard InChI is InChI=1S/C16H16ClF3N2O4S/c1-10-7-11(26-2)8-15(23)22(10)6-5-21-27(24,25)12-3-4-14(17)13(9-12)16(18,19)20/h3-4,7-9,21H,5-6H2,1-2H3. The number of rotatable bonds is 6. The lowest BCUT2D eigenvalue weighted by Gasteiger charge is -2.14. The normalized spacial score (nSPS) is 12.2. The molecule has 2 aromatic rings. The molecule has 0 aliphatic carbocycles. The van der Waals surface area contributed by atoms with E-state index in [1.54, 1.807) is 13.0 Å². The molecule has 1 aromatic heterocycles. The molecular weight excluding hydrogens is 409 g/mol. The predicted molar refractivity (Wildman–Crippen MR) is 93.6 cm³/mol. The Bertz CT molecular complexity index is 1000. The Kier molecular flexibility index (Phi) is 6.23. The first kappa shape index (κ1) is 21.3. The van der Waals surface area contributed by atoms with Gasteiger partial charge < -0.3 is 9.30 Å². The van der Waals surface area contributed by atoms with E-state index in [1.165, 1.54) is 17.7 Å². The van der Waals surface area contributed by atoms with Crippen molar-refractivity contribution in [1.29, 1.82) is 0 Å². The van der Waals surface area contributed by atoms with Gasteiger partial charge in [0, 0.05) is 24.8 Å². The van der Waals surface area contributed by atoms with Crippen LogP contribution < -0.4 is 15.0 Å². The highest BCUT2D eigenvalue weighted by Gasteiger charge is 2.34. The fourth-order valence-corrected chi connectivity index (χ4v) is 3.64. The molecule has 2 rings (SSSR count). The van der Waals surface area contributed by atoms with E-state index >= 15 is 0 Å². The summed E-state index contributed by atoms with van der Waals surface area (Å²) in [5.74, 6) is 0.371. The van der Waals surface area contributed by atoms with E-state index in [4.69, 9.17) is 16.3 Å². The van der Waals surface area contributed by atoms with Crippen molar-refractivity contribution < 1.29 is 26.3 Å². The Hall–Kier alpha value is -2.04. The minimum atomic E-state index is -4.78. The Labute approximate surface area is 158 Å². The van der Waals surface area contributed by atoms with Crippen molar-refractivity contribution in [3.8, 4) is 5.75 Å². The van der Waals surface area contributed by atoms with Crippen molar-refractivity contribution >= 4 is 21.6 Å². The molecule has 0 amide bonds. The van der Waals surface area contributed by atoms with Crippen molar-refractivity contribution in [2.75, 3.05) is 13.7 Å². The maximum atomic E-state index is 12.9. The lowest BCUT2D eigenvalue weighted by Crippen LogP contribution is -2.31. The minimum absolute atomic E-state index is 0.00634. The number of hydrogen-bond donors (Lipinski definition) is 1. The first-order valence-corrected chi connectivity index (χ1v) is 9.43. The number of pyridine rings is 1. The van der Waals surface area contributed by atoms with Crippen LogP contribution in [0.5, 0.6) is 5.75 Å². The van der Waals surface area contributed by atoms with Crippen molar-refractivity contribution in [3.05, 3.63) is 57.0 Å². The maximum Gasteiger partial charge on any atom is 0.417 e. The average Bonchev–Trinajstić information content (AvgIpc) is 2.56. The molecule has 11 heteroatoms. The molecule has 0 unspecified atom stereocenters. The van der Waals surface area contributed by atoms with Crippen LogP contribution in [0.25, 0.3) is 0 Å². The fraction of sp³-hybridized carbons (Fsp3) is 0.312. The van der Waals surface area contributed by atoms with Gasteiger partial charge in [0.15, 0.2) is 0 Å². The van der Waals surface area contributed by atoms with Crippen molar-refractivity contribution in [3.63, 3.8) is 0 Å². The SMILES string of the molecule is COc1cc(C)n(CCNS(=O)(=O)c2ccc(Cl)c(C(F)(F)F)c2)c(=O)c1. The topological polar surface area (TPSA) is 77.4 Å². The summed E-state index contributed by atoms with van der Waals surface area (Å²) in [6.45, 7) is 1.44. The molecule has 1 N–H and O–H groups in total. The second kappa shape index (κ2) is 7.91. The molecule has 0 saturated carbocycles. The zero-order valence-corrected chi connectivity index (χ0v) is 15.9. The van der Waals surface area contributed by atoms with Crippen LogP contribution >= 0.6 is 11.6 Å². The highest BCUT2D eigenvalue weighted by molar-refractivity contribution is 7.89. The molecule has 27 heavy (non-hydrogen) atoms. The number of nitrogens with one attached hydrogen (secondary N) is 1. The molecule has 0 aliphatic heterocycles. The number of aryl methyl sites for hydroxylation is 1. The number of hydrogen-bond acceptors (Lipinski definition) is 4. The second-order valence-corrected chi connectivity index (χ2v) is 7.74. The number of aromatic nitrogens is 1. The summed E-state index contributed by atoms with van der Waals surface area (Å²) in [6.07, 6.45) is -4.78. The zero-order valence-electron chi connectivity index (χ0n) is 14.3. The third-order valence-corrected chi connectivity index (χ3v) is 5.51. The van der Waals surface area contributed by atoms with Crippen molar-refractivity contribution in [2.24, 2.45) is 0 Å². The smallest absolute Gasteiger partial charge is 0.417 e. The molecule has 0 atom stereocenters. The molecule has 1 heterocycles. The van der Waals surface area contributed by atoms with Crippen LogP contribution in [0.2, 0.25) is 5.02 Å². The van der Waals surface area contributed by atoms with Gasteiger partial charge in [-0.05, 0) is 31.2 Å². The number of methoxy groups -OCH3 is 1. The van der Waals surface area contributed by atoms with Gasteiger partial charge in [0.1, 0.15) is 5.75 Å². The Morgan fingerprint density at radius 2 is 1.89 bits per heavy atom. The highest BCUT2D eigenvalue weighted by atomic mass is 35.5. The van der Waals surface area contributed by atoms with Gasteiger partial charge in [-0.2, -0.15) is 13.2 Å². The van der Waals surface area contributed by atoms with E-state index in [1.807, 2.05) is 0 Å². The summed E-state index contributed by atoms with van der Waals surface area (Å²) in [7, 11) is -2.81. The highest BCUT2D eigenvalue weighted by Crippen LogP contribution is 2.35. The van der Waals surface area contributed by atoms with Crippen molar-refractivity contribution in [2.45, 2.75) is 24.5 Å². The van der Waals surface area contributed by atoms with E-state index in [-0.39, 0.29) is 13.1 Å². The van der Waals surface area contributed by atoms with Gasteiger partial charge in [0.25, 0.3) is 5.56 Å². The Balaban J connectivity index is 2.18. The average molecular weight is 425 g/mol. The molecule has 1 aromatic carbocycles. The van der Waals surface area contributed by atoms with Crippen LogP contribution in [0.15, 0.2) is 40.0 Å². The van der Waals surface area contributed by atoms with Crippen LogP contribution in [0, 0.1) is 6.92 Å². The van der Waals surface area contributed by atoms with Crippen LogP contribution in [0.3, 0.4) is 0 Å². The first-order chi connectivity index (χ1) is 12.5. The molecule has 0 radical (unpaired) electrons. The largest absolute Gasteiger partial charge is 0.496 e. The van der Waals surface area contributed by atoms with E-state index in [9.17, 15) is 26.4 Å². The maximum absolute atomic E-state index is 12.9. The summed E-state index contributed by atoms with van der Waals surface area (Å²) >= 11 is 5.49. The first-order valence-electron chi connectivity index (χ1n) is 7.57. The van der Waals surface area contributed by atoms with E-state index < -0.39 is 37.2 Å². The molecule has 0 aliphatic rings. The molecule has 0 saturated heterocycles. The third kappa shape index (κ3) is 5.02. The van der Waals surface area contributed by atoms with Gasteiger partial charge in [-0.1, -0.05) is 11.6 Å². The number of sulfonamides is 1. The number of alkyl halides is 3. The summed E-state index contributed by atoms with van der Waals surface area (Å²) in [6, 6.07) is 5.16. The van der Waals surface area contributed by atoms with Gasteiger partial charge in [-0.15, -0.1) is 0 Å². The van der Waals surface area contributed by atoms with Gasteiger partial charge >= 0.3 is 6.18 Å². The summed E-state index contributed by atoms with van der Waals surface area (Å²) in [5, 5.41) is -0.596.